The van der Waals surface area contributed by atoms with Crippen LogP contribution in [-0.2, 0) is 14.8 Å². The Hall–Kier alpha value is -2.38. The molecule has 134 valence electrons. The molecule has 0 bridgehead atoms. The van der Waals surface area contributed by atoms with Crippen molar-refractivity contribution in [1.82, 2.24) is 10.0 Å². The number of likely N-dealkylation sites (N-methyl/N-ethyl adjacent to an activating group) is 1. The second-order valence-electron chi connectivity index (χ2n) is 5.47. The standard InChI is InChI=1S/C18H22N2O4S/c1-3-19-18(21)13-24-16-9-11-17(12-10-16)25(22,23)20-14(2)15-7-5-4-6-8-15/h4-12,14,20H,3,13H2,1-2H3,(H,19,21)/t14-/m0/s1. The van der Waals surface area contributed by atoms with Gasteiger partial charge in [-0.2, -0.15) is 0 Å². The fourth-order valence-corrected chi connectivity index (χ4v) is 3.45. The summed E-state index contributed by atoms with van der Waals surface area (Å²) < 4.78 is 32.9. The monoisotopic (exact) mass is 362 g/mol. The quantitative estimate of drug-likeness (QED) is 0.754. The first kappa shape index (κ1) is 19.0. The number of amides is 1. The maximum absolute atomic E-state index is 12.5. The number of carbonyl (C=O) groups is 1. The molecule has 2 aromatic rings. The van der Waals surface area contributed by atoms with Crippen molar-refractivity contribution < 1.29 is 17.9 Å². The predicted octanol–water partition coefficient (Wildman–Crippen LogP) is 2.24. The highest BCUT2D eigenvalue weighted by Crippen LogP contribution is 2.19. The number of ether oxygens (including phenoxy) is 1. The van der Waals surface area contributed by atoms with Crippen LogP contribution < -0.4 is 14.8 Å². The lowest BCUT2D eigenvalue weighted by molar-refractivity contribution is -0.122. The third-order valence-corrected chi connectivity index (χ3v) is 5.07. The third-order valence-electron chi connectivity index (χ3n) is 3.51. The summed E-state index contributed by atoms with van der Waals surface area (Å²) in [5.74, 6) is 0.207. The van der Waals surface area contributed by atoms with E-state index in [0.29, 0.717) is 12.3 Å². The van der Waals surface area contributed by atoms with Crippen LogP contribution in [-0.4, -0.2) is 27.5 Å². The molecule has 0 aliphatic carbocycles. The highest BCUT2D eigenvalue weighted by Gasteiger charge is 2.18. The molecule has 0 spiro atoms. The molecule has 0 heterocycles. The SMILES string of the molecule is CCNC(=O)COc1ccc(S(=O)(=O)N[C@@H](C)c2ccccc2)cc1. The maximum Gasteiger partial charge on any atom is 0.257 e. The Kier molecular flexibility index (Phi) is 6.55. The van der Waals surface area contributed by atoms with Crippen molar-refractivity contribution >= 4 is 15.9 Å². The highest BCUT2D eigenvalue weighted by molar-refractivity contribution is 7.89. The van der Waals surface area contributed by atoms with Crippen LogP contribution in [0, 0.1) is 0 Å². The second kappa shape index (κ2) is 8.64. The van der Waals surface area contributed by atoms with Crippen LogP contribution in [0.25, 0.3) is 0 Å². The van der Waals surface area contributed by atoms with Gasteiger partial charge in [0.2, 0.25) is 10.0 Å². The van der Waals surface area contributed by atoms with Crippen molar-refractivity contribution in [2.24, 2.45) is 0 Å². The van der Waals surface area contributed by atoms with Gasteiger partial charge in [0, 0.05) is 12.6 Å². The summed E-state index contributed by atoms with van der Waals surface area (Å²) in [6.45, 7) is 4.03. The average molecular weight is 362 g/mol. The number of rotatable bonds is 8. The molecule has 0 saturated heterocycles. The predicted molar refractivity (Wildman–Crippen MR) is 95.8 cm³/mol. The first-order valence-corrected chi connectivity index (χ1v) is 9.47. The molecule has 2 aromatic carbocycles. The molecule has 1 amide bonds. The van der Waals surface area contributed by atoms with Crippen LogP contribution in [0.3, 0.4) is 0 Å². The van der Waals surface area contributed by atoms with E-state index < -0.39 is 10.0 Å². The van der Waals surface area contributed by atoms with Gasteiger partial charge >= 0.3 is 0 Å². The van der Waals surface area contributed by atoms with E-state index in [1.165, 1.54) is 24.3 Å². The highest BCUT2D eigenvalue weighted by atomic mass is 32.2. The van der Waals surface area contributed by atoms with Crippen LogP contribution in [0.2, 0.25) is 0 Å². The van der Waals surface area contributed by atoms with Gasteiger partial charge in [0.15, 0.2) is 6.61 Å². The van der Waals surface area contributed by atoms with Gasteiger partial charge < -0.3 is 10.1 Å². The van der Waals surface area contributed by atoms with Crippen molar-refractivity contribution in [2.75, 3.05) is 13.2 Å². The van der Waals surface area contributed by atoms with Gasteiger partial charge in [0.25, 0.3) is 5.91 Å². The van der Waals surface area contributed by atoms with Gasteiger partial charge in [0.1, 0.15) is 5.75 Å². The summed E-state index contributed by atoms with van der Waals surface area (Å²) >= 11 is 0. The molecule has 0 saturated carbocycles. The normalized spacial score (nSPS) is 12.4. The molecule has 0 aliphatic rings. The van der Waals surface area contributed by atoms with E-state index in [-0.39, 0.29) is 23.5 Å². The molecule has 2 N–H and O–H groups in total. The smallest absolute Gasteiger partial charge is 0.257 e. The van der Waals surface area contributed by atoms with Crippen LogP contribution >= 0.6 is 0 Å². The minimum Gasteiger partial charge on any atom is -0.484 e. The van der Waals surface area contributed by atoms with E-state index in [1.807, 2.05) is 37.3 Å². The molecule has 0 aromatic heterocycles. The van der Waals surface area contributed by atoms with Gasteiger partial charge in [0.05, 0.1) is 4.90 Å². The summed E-state index contributed by atoms with van der Waals surface area (Å²) in [6, 6.07) is 14.9. The van der Waals surface area contributed by atoms with Gasteiger partial charge in [-0.1, -0.05) is 30.3 Å². The number of hydrogen-bond donors (Lipinski definition) is 2. The van der Waals surface area contributed by atoms with Crippen LogP contribution in [0.1, 0.15) is 25.5 Å². The van der Waals surface area contributed by atoms with Crippen LogP contribution in [0.4, 0.5) is 0 Å². The Morgan fingerprint density at radius 2 is 1.72 bits per heavy atom. The van der Waals surface area contributed by atoms with Crippen molar-refractivity contribution in [3.05, 3.63) is 60.2 Å². The largest absolute Gasteiger partial charge is 0.484 e. The number of carbonyl (C=O) groups excluding carboxylic acids is 1. The van der Waals surface area contributed by atoms with E-state index in [0.717, 1.165) is 5.56 Å². The first-order chi connectivity index (χ1) is 11.9. The second-order valence-corrected chi connectivity index (χ2v) is 7.18. The number of hydrogen-bond acceptors (Lipinski definition) is 4. The zero-order chi connectivity index (χ0) is 18.3. The molecular formula is C18H22N2O4S. The molecule has 0 radical (unpaired) electrons. The van der Waals surface area contributed by atoms with Gasteiger partial charge in [-0.25, -0.2) is 13.1 Å². The van der Waals surface area contributed by atoms with E-state index in [4.69, 9.17) is 4.74 Å². The minimum absolute atomic E-state index is 0.108. The van der Waals surface area contributed by atoms with Gasteiger partial charge in [-0.05, 0) is 43.7 Å². The fraction of sp³-hybridized carbons (Fsp3) is 0.278. The molecule has 0 fully saturated rings. The summed E-state index contributed by atoms with van der Waals surface area (Å²) in [7, 11) is -3.65. The number of nitrogens with one attached hydrogen (secondary N) is 2. The van der Waals surface area contributed by atoms with E-state index in [1.54, 1.807) is 6.92 Å². The molecule has 1 atom stereocenters. The lowest BCUT2D eigenvalue weighted by Gasteiger charge is -2.15. The first-order valence-electron chi connectivity index (χ1n) is 7.99. The fourth-order valence-electron chi connectivity index (χ4n) is 2.22. The molecule has 0 aliphatic heterocycles. The summed E-state index contributed by atoms with van der Waals surface area (Å²) in [4.78, 5) is 11.5. The molecule has 6 nitrogen and oxygen atoms in total. The lowest BCUT2D eigenvalue weighted by Crippen LogP contribution is -2.28. The number of benzene rings is 2. The van der Waals surface area contributed by atoms with E-state index >= 15 is 0 Å². The summed E-state index contributed by atoms with van der Waals surface area (Å²) in [5, 5.41) is 2.62. The zero-order valence-electron chi connectivity index (χ0n) is 14.2. The maximum atomic E-state index is 12.5. The van der Waals surface area contributed by atoms with Gasteiger partial charge in [-0.15, -0.1) is 0 Å². The van der Waals surface area contributed by atoms with Crippen molar-refractivity contribution in [2.45, 2.75) is 24.8 Å². The van der Waals surface area contributed by atoms with E-state index in [9.17, 15) is 13.2 Å². The van der Waals surface area contributed by atoms with Crippen molar-refractivity contribution in [1.29, 1.82) is 0 Å². The van der Waals surface area contributed by atoms with Crippen molar-refractivity contribution in [3.8, 4) is 5.75 Å². The van der Waals surface area contributed by atoms with Crippen LogP contribution in [0.15, 0.2) is 59.5 Å². The Labute approximate surface area is 148 Å². The Balaban J connectivity index is 2.01. The van der Waals surface area contributed by atoms with Crippen LogP contribution in [0.5, 0.6) is 5.75 Å². The molecule has 7 heteroatoms. The number of sulfonamides is 1. The topological polar surface area (TPSA) is 84.5 Å². The third kappa shape index (κ3) is 5.58. The van der Waals surface area contributed by atoms with Crippen molar-refractivity contribution in [3.63, 3.8) is 0 Å². The minimum atomic E-state index is -3.65. The molecular weight excluding hydrogens is 340 g/mol. The summed E-state index contributed by atoms with van der Waals surface area (Å²) in [5.41, 5.74) is 0.882. The van der Waals surface area contributed by atoms with E-state index in [2.05, 4.69) is 10.0 Å². The zero-order valence-corrected chi connectivity index (χ0v) is 15.0. The summed E-state index contributed by atoms with van der Waals surface area (Å²) in [6.07, 6.45) is 0. The Morgan fingerprint density at radius 3 is 2.32 bits per heavy atom. The Bertz CT molecular complexity index is 790. The Morgan fingerprint density at radius 1 is 1.08 bits per heavy atom. The average Bonchev–Trinajstić information content (AvgIpc) is 2.61. The molecule has 25 heavy (non-hydrogen) atoms. The lowest BCUT2D eigenvalue weighted by atomic mass is 10.1. The molecule has 2 rings (SSSR count). The van der Waals surface area contributed by atoms with Gasteiger partial charge in [-0.3, -0.25) is 4.79 Å². The molecule has 0 unspecified atom stereocenters.